The van der Waals surface area contributed by atoms with Gasteiger partial charge in [-0.15, -0.1) is 0 Å². The van der Waals surface area contributed by atoms with Crippen molar-refractivity contribution in [2.45, 2.75) is 31.7 Å². The van der Waals surface area contributed by atoms with Gasteiger partial charge < -0.3 is 9.47 Å². The van der Waals surface area contributed by atoms with Crippen molar-refractivity contribution < 1.29 is 13.2 Å². The van der Waals surface area contributed by atoms with Crippen LogP contribution in [0, 0.1) is 5.92 Å². The number of rotatable bonds is 5. The molecule has 6 nitrogen and oxygen atoms in total. The zero-order valence-electron chi connectivity index (χ0n) is 17.1. The summed E-state index contributed by atoms with van der Waals surface area (Å²) in [5.74, 6) is 0.121. The molecule has 0 atom stereocenters. The van der Waals surface area contributed by atoms with E-state index in [-0.39, 0.29) is 11.8 Å². The van der Waals surface area contributed by atoms with E-state index in [0.29, 0.717) is 32.0 Å². The van der Waals surface area contributed by atoms with E-state index in [2.05, 4.69) is 17.0 Å². The molecule has 0 N–H and O–H groups in total. The number of carbonyl (C=O) groups is 1. The molecule has 7 heteroatoms. The number of hydrogen-bond acceptors (Lipinski definition) is 3. The van der Waals surface area contributed by atoms with Crippen LogP contribution in [0.4, 0.5) is 0 Å². The third-order valence-electron chi connectivity index (χ3n) is 6.22. The Morgan fingerprint density at radius 3 is 2.13 bits per heavy atom. The molecule has 2 aliphatic rings. The van der Waals surface area contributed by atoms with Gasteiger partial charge in [-0.25, -0.2) is 8.42 Å². The first-order chi connectivity index (χ1) is 14.5. The van der Waals surface area contributed by atoms with Crippen molar-refractivity contribution in [3.05, 3.63) is 65.8 Å². The number of hydrogen-bond donors (Lipinski definition) is 0. The lowest BCUT2D eigenvalue weighted by atomic mass is 9.95. The molecule has 1 amide bonds. The van der Waals surface area contributed by atoms with Gasteiger partial charge in [0, 0.05) is 55.9 Å². The summed E-state index contributed by atoms with van der Waals surface area (Å²) in [6.07, 6.45) is 8.93. The molecule has 1 aromatic carbocycles. The molecule has 160 valence electrons. The van der Waals surface area contributed by atoms with Crippen LogP contribution in [0.25, 0.3) is 6.08 Å². The summed E-state index contributed by atoms with van der Waals surface area (Å²) in [5, 5.41) is 1.27. The summed E-state index contributed by atoms with van der Waals surface area (Å²) in [4.78, 5) is 14.9. The van der Waals surface area contributed by atoms with Gasteiger partial charge in [-0.05, 0) is 49.5 Å². The highest BCUT2D eigenvalue weighted by Gasteiger charge is 2.33. The molecule has 0 aliphatic carbocycles. The van der Waals surface area contributed by atoms with Crippen LogP contribution in [0.2, 0.25) is 0 Å². The average molecular weight is 428 g/mol. The fraction of sp³-hybridized carbons (Fsp3) is 0.435. The van der Waals surface area contributed by atoms with Crippen molar-refractivity contribution in [3.8, 4) is 0 Å². The molecule has 30 heavy (non-hydrogen) atoms. The number of likely N-dealkylation sites (tertiary alicyclic amines) is 1. The van der Waals surface area contributed by atoms with E-state index in [1.165, 1.54) is 9.71 Å². The first kappa shape index (κ1) is 20.9. The lowest BCUT2D eigenvalue weighted by molar-refractivity contribution is -0.138. The molecule has 1 aromatic heterocycles. The van der Waals surface area contributed by atoms with Gasteiger partial charge in [-0.3, -0.25) is 4.79 Å². The Morgan fingerprint density at radius 1 is 0.867 bits per heavy atom. The first-order valence-corrected chi connectivity index (χ1v) is 12.2. The molecule has 2 fully saturated rings. The van der Waals surface area contributed by atoms with E-state index >= 15 is 0 Å². The quantitative estimate of drug-likeness (QED) is 0.735. The number of nitrogens with zero attached hydrogens (tertiary/aromatic N) is 3. The molecule has 0 spiro atoms. The van der Waals surface area contributed by atoms with Crippen molar-refractivity contribution in [1.29, 1.82) is 0 Å². The molecule has 2 aromatic rings. The van der Waals surface area contributed by atoms with E-state index in [0.717, 1.165) is 31.5 Å². The zero-order chi connectivity index (χ0) is 21.0. The Labute approximate surface area is 178 Å². The summed E-state index contributed by atoms with van der Waals surface area (Å²) < 4.78 is 29.0. The maximum atomic E-state index is 13.0. The monoisotopic (exact) mass is 427 g/mol. The lowest BCUT2D eigenvalue weighted by Crippen LogP contribution is -2.46. The van der Waals surface area contributed by atoms with Crippen LogP contribution in [0.3, 0.4) is 0 Å². The third kappa shape index (κ3) is 4.84. The van der Waals surface area contributed by atoms with Crippen molar-refractivity contribution in [1.82, 2.24) is 13.8 Å². The van der Waals surface area contributed by atoms with Gasteiger partial charge in [-0.2, -0.15) is 4.31 Å². The number of carbonyl (C=O) groups excluding carboxylic acids is 1. The predicted octanol–water partition coefficient (Wildman–Crippen LogP) is 3.36. The van der Waals surface area contributed by atoms with E-state index in [4.69, 9.17) is 0 Å². The number of benzene rings is 1. The van der Waals surface area contributed by atoms with Crippen molar-refractivity contribution in [2.75, 3.05) is 26.2 Å². The topological polar surface area (TPSA) is 62.6 Å². The molecule has 0 radical (unpaired) electrons. The van der Waals surface area contributed by atoms with Gasteiger partial charge >= 0.3 is 0 Å². The highest BCUT2D eigenvalue weighted by molar-refractivity contribution is 7.92. The van der Waals surface area contributed by atoms with Crippen LogP contribution >= 0.6 is 0 Å². The maximum Gasteiger partial charge on any atom is 0.236 e. The number of sulfonamides is 1. The minimum Gasteiger partial charge on any atom is -0.351 e. The Kier molecular flexibility index (Phi) is 6.39. The summed E-state index contributed by atoms with van der Waals surface area (Å²) >= 11 is 0. The molecular weight excluding hydrogens is 398 g/mol. The summed E-state index contributed by atoms with van der Waals surface area (Å²) in [6, 6.07) is 13.9. The van der Waals surface area contributed by atoms with E-state index < -0.39 is 10.0 Å². The number of aromatic nitrogens is 1. The van der Waals surface area contributed by atoms with E-state index in [9.17, 15) is 13.2 Å². The second-order valence-electron chi connectivity index (χ2n) is 8.12. The lowest BCUT2D eigenvalue weighted by Gasteiger charge is -2.37. The maximum absolute atomic E-state index is 13.0. The summed E-state index contributed by atoms with van der Waals surface area (Å²) in [6.45, 7) is 2.36. The fourth-order valence-corrected chi connectivity index (χ4v) is 5.63. The normalized spacial score (nSPS) is 20.1. The highest BCUT2D eigenvalue weighted by Crippen LogP contribution is 2.27. The standard InChI is InChI=1S/C23H29N3O3S/c27-23(25-15-10-22(11-16-25)24-13-4-5-14-24)21-8-17-26(18-9-21)30(28,29)19-12-20-6-2-1-3-7-20/h1-7,12-14,19,21-22H,8-11,15-18H2/b19-12-. The zero-order valence-corrected chi connectivity index (χ0v) is 18.0. The van der Waals surface area contributed by atoms with Crippen LogP contribution in [0.1, 0.15) is 37.3 Å². The second kappa shape index (κ2) is 9.18. The molecule has 2 saturated heterocycles. The van der Waals surface area contributed by atoms with Crippen LogP contribution in [0.5, 0.6) is 0 Å². The minimum absolute atomic E-state index is 0.0716. The fourth-order valence-electron chi connectivity index (χ4n) is 4.41. The van der Waals surface area contributed by atoms with Gasteiger partial charge in [0.1, 0.15) is 0 Å². The molecule has 2 aliphatic heterocycles. The van der Waals surface area contributed by atoms with Gasteiger partial charge in [0.15, 0.2) is 0 Å². The number of piperidine rings is 2. The smallest absolute Gasteiger partial charge is 0.236 e. The molecule has 0 bridgehead atoms. The molecule has 0 saturated carbocycles. The van der Waals surface area contributed by atoms with Crippen molar-refractivity contribution >= 4 is 22.0 Å². The minimum atomic E-state index is -3.46. The van der Waals surface area contributed by atoms with Crippen LogP contribution < -0.4 is 0 Å². The largest absolute Gasteiger partial charge is 0.351 e. The highest BCUT2D eigenvalue weighted by atomic mass is 32.2. The Balaban J connectivity index is 1.28. The van der Waals surface area contributed by atoms with E-state index in [1.54, 1.807) is 6.08 Å². The SMILES string of the molecule is O=C(C1CCN(S(=O)(=O)/C=C\c2ccccc2)CC1)N1CCC(n2cccc2)CC1. The van der Waals surface area contributed by atoms with E-state index in [1.807, 2.05) is 47.4 Å². The Hall–Kier alpha value is -2.38. The molecular formula is C23H29N3O3S. The summed E-state index contributed by atoms with van der Waals surface area (Å²) in [7, 11) is -3.46. The average Bonchev–Trinajstić information content (AvgIpc) is 3.33. The first-order valence-electron chi connectivity index (χ1n) is 10.7. The van der Waals surface area contributed by atoms with Gasteiger partial charge in [0.2, 0.25) is 15.9 Å². The second-order valence-corrected chi connectivity index (χ2v) is 9.94. The Bertz CT molecular complexity index is 954. The third-order valence-corrected chi connectivity index (χ3v) is 7.79. The molecule has 3 heterocycles. The predicted molar refractivity (Wildman–Crippen MR) is 118 cm³/mol. The van der Waals surface area contributed by atoms with Crippen LogP contribution in [-0.2, 0) is 14.8 Å². The van der Waals surface area contributed by atoms with Gasteiger partial charge in [0.05, 0.1) is 0 Å². The summed E-state index contributed by atoms with van der Waals surface area (Å²) in [5.41, 5.74) is 0.856. The molecule has 0 unspecified atom stereocenters. The van der Waals surface area contributed by atoms with Gasteiger partial charge in [-0.1, -0.05) is 30.3 Å². The van der Waals surface area contributed by atoms with Crippen LogP contribution in [-0.4, -0.2) is 54.3 Å². The van der Waals surface area contributed by atoms with Crippen molar-refractivity contribution in [3.63, 3.8) is 0 Å². The van der Waals surface area contributed by atoms with Crippen molar-refractivity contribution in [2.24, 2.45) is 5.92 Å². The number of amides is 1. The van der Waals surface area contributed by atoms with Crippen LogP contribution in [0.15, 0.2) is 60.3 Å². The van der Waals surface area contributed by atoms with Gasteiger partial charge in [0.25, 0.3) is 0 Å². The molecule has 4 rings (SSSR count). The Morgan fingerprint density at radius 2 is 1.50 bits per heavy atom.